The zero-order valence-electron chi connectivity index (χ0n) is 6.88. The van der Waals surface area contributed by atoms with E-state index in [0.29, 0.717) is 11.1 Å². The molecule has 0 saturated heterocycles. The fourth-order valence-electron chi connectivity index (χ4n) is 1.11. The van der Waals surface area contributed by atoms with Crippen LogP contribution in [0.3, 0.4) is 0 Å². The minimum Gasteiger partial charge on any atom is -0.258 e. The molecule has 0 bridgehead atoms. The molecule has 1 aromatic carbocycles. The summed E-state index contributed by atoms with van der Waals surface area (Å²) in [6.45, 7) is 1.69. The Morgan fingerprint density at radius 3 is 2.69 bits per heavy atom. The minimum absolute atomic E-state index is 0.280. The van der Waals surface area contributed by atoms with E-state index in [4.69, 9.17) is 0 Å². The first-order valence-corrected chi connectivity index (χ1v) is 4.67. The van der Waals surface area contributed by atoms with Crippen LogP contribution in [0.4, 0.5) is 10.1 Å². The van der Waals surface area contributed by atoms with Gasteiger partial charge in [0.15, 0.2) is 0 Å². The van der Waals surface area contributed by atoms with Gasteiger partial charge in [-0.2, -0.15) is 4.39 Å². The highest BCUT2D eigenvalue weighted by Gasteiger charge is 2.19. The fraction of sp³-hybridized carbons (Fsp3) is 0.250. The molecule has 0 aliphatic carbocycles. The lowest BCUT2D eigenvalue weighted by Gasteiger charge is -2.01. The van der Waals surface area contributed by atoms with Gasteiger partial charge in [0, 0.05) is 10.9 Å². The van der Waals surface area contributed by atoms with Crippen LogP contribution in [0, 0.1) is 22.9 Å². The summed E-state index contributed by atoms with van der Waals surface area (Å²) in [6.07, 6.45) is 0. The molecule has 13 heavy (non-hydrogen) atoms. The van der Waals surface area contributed by atoms with E-state index < -0.39 is 16.4 Å². The highest BCUT2D eigenvalue weighted by molar-refractivity contribution is 9.08. The van der Waals surface area contributed by atoms with Crippen LogP contribution < -0.4 is 0 Å². The maximum Gasteiger partial charge on any atom is 0.308 e. The standard InChI is InChI=1S/C8H7BrFNO2/c1-5-2-6(4-9)8(11(12)13)7(10)3-5/h2-3H,4H2,1H3. The molecule has 0 saturated carbocycles. The first-order chi connectivity index (χ1) is 6.06. The maximum atomic E-state index is 13.1. The quantitative estimate of drug-likeness (QED) is 0.458. The predicted octanol–water partition coefficient (Wildman–Crippen LogP) is 2.94. The average Bonchev–Trinajstić information content (AvgIpc) is 2.01. The Morgan fingerprint density at radius 2 is 2.23 bits per heavy atom. The molecule has 1 rings (SSSR count). The van der Waals surface area contributed by atoms with E-state index in [9.17, 15) is 14.5 Å². The van der Waals surface area contributed by atoms with Gasteiger partial charge in [0.2, 0.25) is 5.82 Å². The number of rotatable bonds is 2. The van der Waals surface area contributed by atoms with Gasteiger partial charge in [0.1, 0.15) is 0 Å². The molecule has 0 heterocycles. The van der Waals surface area contributed by atoms with Gasteiger partial charge in [0.05, 0.1) is 4.92 Å². The summed E-state index contributed by atoms with van der Waals surface area (Å²) in [4.78, 5) is 9.75. The molecule has 0 N–H and O–H groups in total. The van der Waals surface area contributed by atoms with E-state index in [2.05, 4.69) is 15.9 Å². The second-order valence-electron chi connectivity index (χ2n) is 2.65. The highest BCUT2D eigenvalue weighted by Crippen LogP contribution is 2.25. The second kappa shape index (κ2) is 3.83. The van der Waals surface area contributed by atoms with Crippen molar-refractivity contribution in [3.8, 4) is 0 Å². The molecule has 5 heteroatoms. The van der Waals surface area contributed by atoms with Gasteiger partial charge in [-0.15, -0.1) is 0 Å². The summed E-state index contributed by atoms with van der Waals surface area (Å²) >= 11 is 3.07. The summed E-state index contributed by atoms with van der Waals surface area (Å²) in [7, 11) is 0. The molecule has 0 aliphatic heterocycles. The van der Waals surface area contributed by atoms with Crippen LogP contribution in [0.25, 0.3) is 0 Å². The molecule has 0 aliphatic rings. The Hall–Kier alpha value is -0.970. The number of hydrogen-bond donors (Lipinski definition) is 0. The molecule has 1 aromatic rings. The number of nitro groups is 1. The van der Waals surface area contributed by atoms with Gasteiger partial charge in [-0.05, 0) is 24.6 Å². The largest absolute Gasteiger partial charge is 0.308 e. The number of benzene rings is 1. The Balaban J connectivity index is 3.38. The number of nitrogens with zero attached hydrogens (tertiary/aromatic N) is 1. The normalized spacial score (nSPS) is 10.1. The third-order valence-corrected chi connectivity index (χ3v) is 2.22. The van der Waals surface area contributed by atoms with Crippen LogP contribution in [-0.2, 0) is 5.33 Å². The third kappa shape index (κ3) is 2.03. The van der Waals surface area contributed by atoms with Crippen LogP contribution in [0.1, 0.15) is 11.1 Å². The average molecular weight is 248 g/mol. The van der Waals surface area contributed by atoms with Crippen molar-refractivity contribution in [2.24, 2.45) is 0 Å². The van der Waals surface area contributed by atoms with Crippen LogP contribution in [0.15, 0.2) is 12.1 Å². The van der Waals surface area contributed by atoms with Crippen molar-refractivity contribution in [2.75, 3.05) is 0 Å². The first-order valence-electron chi connectivity index (χ1n) is 3.55. The molecule has 0 aromatic heterocycles. The van der Waals surface area contributed by atoms with Crippen molar-refractivity contribution < 1.29 is 9.31 Å². The highest BCUT2D eigenvalue weighted by atomic mass is 79.9. The SMILES string of the molecule is Cc1cc(F)c([N+](=O)[O-])c(CBr)c1. The lowest BCUT2D eigenvalue weighted by Crippen LogP contribution is -1.98. The molecule has 3 nitrogen and oxygen atoms in total. The summed E-state index contributed by atoms with van der Waals surface area (Å²) < 4.78 is 13.1. The molecule has 0 spiro atoms. The predicted molar refractivity (Wildman–Crippen MR) is 50.4 cm³/mol. The number of alkyl halides is 1. The fourth-order valence-corrected chi connectivity index (χ4v) is 1.54. The zero-order valence-corrected chi connectivity index (χ0v) is 8.47. The van der Waals surface area contributed by atoms with Gasteiger partial charge >= 0.3 is 5.69 Å². The number of nitro benzene ring substituents is 1. The van der Waals surface area contributed by atoms with Gasteiger partial charge in [-0.25, -0.2) is 0 Å². The Morgan fingerprint density at radius 1 is 1.62 bits per heavy atom. The van der Waals surface area contributed by atoms with E-state index in [-0.39, 0.29) is 5.33 Å². The lowest BCUT2D eigenvalue weighted by atomic mass is 10.1. The van der Waals surface area contributed by atoms with Crippen molar-refractivity contribution in [1.82, 2.24) is 0 Å². The van der Waals surface area contributed by atoms with Crippen LogP contribution in [-0.4, -0.2) is 4.92 Å². The topological polar surface area (TPSA) is 43.1 Å². The van der Waals surface area contributed by atoms with Crippen LogP contribution in [0.2, 0.25) is 0 Å². The van der Waals surface area contributed by atoms with Crippen molar-refractivity contribution in [3.05, 3.63) is 39.2 Å². The maximum absolute atomic E-state index is 13.1. The molecular formula is C8H7BrFNO2. The van der Waals surface area contributed by atoms with Gasteiger partial charge < -0.3 is 0 Å². The smallest absolute Gasteiger partial charge is 0.258 e. The number of halogens is 2. The summed E-state index contributed by atoms with van der Waals surface area (Å²) in [5.41, 5.74) is 0.600. The molecule has 0 amide bonds. The van der Waals surface area contributed by atoms with Gasteiger partial charge in [-0.1, -0.05) is 15.9 Å². The minimum atomic E-state index is -0.778. The number of aryl methyl sites for hydroxylation is 1. The zero-order chi connectivity index (χ0) is 10.0. The lowest BCUT2D eigenvalue weighted by molar-refractivity contribution is -0.388. The van der Waals surface area contributed by atoms with Crippen molar-refractivity contribution in [2.45, 2.75) is 12.3 Å². The summed E-state index contributed by atoms with van der Waals surface area (Å²) in [6, 6.07) is 2.75. The van der Waals surface area contributed by atoms with Crippen LogP contribution in [0.5, 0.6) is 0 Å². The van der Waals surface area contributed by atoms with Crippen LogP contribution >= 0.6 is 15.9 Å². The molecule has 0 fully saturated rings. The van der Waals surface area contributed by atoms with E-state index in [1.165, 1.54) is 0 Å². The van der Waals surface area contributed by atoms with Crippen molar-refractivity contribution >= 4 is 21.6 Å². The number of hydrogen-bond acceptors (Lipinski definition) is 2. The first kappa shape index (κ1) is 10.1. The van der Waals surface area contributed by atoms with E-state index in [1.54, 1.807) is 13.0 Å². The van der Waals surface area contributed by atoms with Gasteiger partial charge in [0.25, 0.3) is 0 Å². The molecule has 70 valence electrons. The third-order valence-electron chi connectivity index (χ3n) is 1.61. The van der Waals surface area contributed by atoms with E-state index in [1.807, 2.05) is 0 Å². The summed E-state index contributed by atoms with van der Waals surface area (Å²) in [5, 5.41) is 10.7. The second-order valence-corrected chi connectivity index (χ2v) is 3.21. The monoisotopic (exact) mass is 247 g/mol. The van der Waals surface area contributed by atoms with Crippen molar-refractivity contribution in [1.29, 1.82) is 0 Å². The van der Waals surface area contributed by atoms with E-state index in [0.717, 1.165) is 6.07 Å². The van der Waals surface area contributed by atoms with Gasteiger partial charge in [-0.3, -0.25) is 10.1 Å². The Labute approximate surface area is 82.8 Å². The van der Waals surface area contributed by atoms with Crippen molar-refractivity contribution in [3.63, 3.8) is 0 Å². The molecular weight excluding hydrogens is 241 g/mol. The Bertz CT molecular complexity index is 354. The van der Waals surface area contributed by atoms with E-state index >= 15 is 0 Å². The molecule has 0 atom stereocenters. The Kier molecular flexibility index (Phi) is 2.98. The molecule has 0 radical (unpaired) electrons. The summed E-state index contributed by atoms with van der Waals surface area (Å²) in [5.74, 6) is -0.778. The molecule has 0 unspecified atom stereocenters.